The number of nitro groups is 1. The normalized spacial score (nSPS) is 10.2. The topological polar surface area (TPSA) is 43.1 Å². The summed E-state index contributed by atoms with van der Waals surface area (Å²) in [5, 5.41) is 11.5. The Bertz CT molecular complexity index is 282. The van der Waals surface area contributed by atoms with E-state index >= 15 is 0 Å². The van der Waals surface area contributed by atoms with Gasteiger partial charge in [0.1, 0.15) is 0 Å². The van der Waals surface area contributed by atoms with Crippen molar-refractivity contribution in [2.45, 2.75) is 13.1 Å². The van der Waals surface area contributed by atoms with Crippen LogP contribution in [0.2, 0.25) is 13.1 Å². The second-order valence-electron chi connectivity index (χ2n) is 2.80. The van der Waals surface area contributed by atoms with Gasteiger partial charge in [-0.1, -0.05) is 30.4 Å². The van der Waals surface area contributed by atoms with Crippen LogP contribution in [0.5, 0.6) is 0 Å². The van der Waals surface area contributed by atoms with E-state index in [1.807, 2.05) is 12.1 Å². The zero-order valence-corrected chi connectivity index (χ0v) is 8.07. The molecule has 1 rings (SSSR count). The summed E-state index contributed by atoms with van der Waals surface area (Å²) < 4.78 is 0. The highest BCUT2D eigenvalue weighted by molar-refractivity contribution is 6.70. The molecule has 0 N–H and O–H groups in total. The average Bonchev–Trinajstić information content (AvgIpc) is 2.04. The van der Waals surface area contributed by atoms with Crippen molar-refractivity contribution in [1.29, 1.82) is 0 Å². The van der Waals surface area contributed by atoms with Gasteiger partial charge in [0, 0.05) is 12.1 Å². The molecule has 3 nitrogen and oxygen atoms in total. The Morgan fingerprint density at radius 2 is 1.75 bits per heavy atom. The third kappa shape index (κ3) is 1.91. The highest BCUT2D eigenvalue weighted by Gasteiger charge is 2.05. The van der Waals surface area contributed by atoms with Crippen molar-refractivity contribution < 1.29 is 4.92 Å². The molecule has 1 aromatic carbocycles. The predicted octanol–water partition coefficient (Wildman–Crippen LogP) is 1.56. The molecular weight excluding hydrogens is 170 g/mol. The van der Waals surface area contributed by atoms with Gasteiger partial charge in [0.2, 0.25) is 0 Å². The largest absolute Gasteiger partial charge is 0.269 e. The van der Waals surface area contributed by atoms with Gasteiger partial charge in [0.25, 0.3) is 5.69 Å². The first-order chi connectivity index (χ1) is 5.61. The average molecular weight is 180 g/mol. The van der Waals surface area contributed by atoms with Gasteiger partial charge in [-0.15, -0.1) is 0 Å². The summed E-state index contributed by atoms with van der Waals surface area (Å²) in [7, 11) is -0.477. The first-order valence-corrected chi connectivity index (χ1v) is 6.16. The lowest BCUT2D eigenvalue weighted by molar-refractivity contribution is -0.384. The first kappa shape index (κ1) is 8.93. The molecule has 0 saturated carbocycles. The third-order valence-electron chi connectivity index (χ3n) is 1.66. The van der Waals surface area contributed by atoms with E-state index in [-0.39, 0.29) is 10.6 Å². The van der Waals surface area contributed by atoms with E-state index in [4.69, 9.17) is 0 Å². The molecule has 0 amide bonds. The van der Waals surface area contributed by atoms with Crippen LogP contribution in [0.4, 0.5) is 5.69 Å². The van der Waals surface area contributed by atoms with Crippen LogP contribution in [-0.4, -0.2) is 13.7 Å². The van der Waals surface area contributed by atoms with Gasteiger partial charge in [0.05, 0.1) is 13.7 Å². The minimum atomic E-state index is -0.477. The van der Waals surface area contributed by atoms with Crippen molar-refractivity contribution in [1.82, 2.24) is 0 Å². The van der Waals surface area contributed by atoms with Crippen LogP contribution in [-0.2, 0) is 0 Å². The summed E-state index contributed by atoms with van der Waals surface area (Å²) in [6.07, 6.45) is 0. The van der Waals surface area contributed by atoms with Crippen molar-refractivity contribution in [3.63, 3.8) is 0 Å². The van der Waals surface area contributed by atoms with Gasteiger partial charge in [-0.2, -0.15) is 0 Å². The standard InChI is InChI=1S/C8H10NO2Si/c1-12(2)8-5-3-7(4-6-8)9(10)11/h3-6H,1-2H3. The monoisotopic (exact) mass is 180 g/mol. The first-order valence-electron chi connectivity index (χ1n) is 3.66. The summed E-state index contributed by atoms with van der Waals surface area (Å²) in [4.78, 5) is 9.92. The fourth-order valence-electron chi connectivity index (χ4n) is 0.916. The summed E-state index contributed by atoms with van der Waals surface area (Å²) in [5.41, 5.74) is 0.169. The van der Waals surface area contributed by atoms with E-state index in [0.717, 1.165) is 0 Å². The number of nitrogens with zero attached hydrogens (tertiary/aromatic N) is 1. The van der Waals surface area contributed by atoms with Crippen molar-refractivity contribution in [2.24, 2.45) is 0 Å². The predicted molar refractivity (Wildman–Crippen MR) is 50.2 cm³/mol. The molecule has 4 heteroatoms. The molecule has 0 aliphatic heterocycles. The van der Waals surface area contributed by atoms with Gasteiger partial charge >= 0.3 is 0 Å². The fourth-order valence-corrected chi connectivity index (χ4v) is 1.75. The van der Waals surface area contributed by atoms with Crippen LogP contribution in [0.1, 0.15) is 0 Å². The van der Waals surface area contributed by atoms with Crippen LogP contribution in [0.15, 0.2) is 24.3 Å². The van der Waals surface area contributed by atoms with Crippen LogP contribution in [0.3, 0.4) is 0 Å². The van der Waals surface area contributed by atoms with Crippen LogP contribution < -0.4 is 5.19 Å². The van der Waals surface area contributed by atoms with Gasteiger partial charge in [-0.25, -0.2) is 0 Å². The molecule has 0 heterocycles. The Balaban J connectivity index is 2.93. The van der Waals surface area contributed by atoms with E-state index in [2.05, 4.69) is 13.1 Å². The Morgan fingerprint density at radius 3 is 2.08 bits per heavy atom. The van der Waals surface area contributed by atoms with E-state index in [1.165, 1.54) is 5.19 Å². The van der Waals surface area contributed by atoms with Crippen molar-refractivity contribution in [3.8, 4) is 0 Å². The molecule has 0 aliphatic carbocycles. The maximum Gasteiger partial charge on any atom is 0.269 e. The highest BCUT2D eigenvalue weighted by atomic mass is 28.3. The Kier molecular flexibility index (Phi) is 2.60. The second-order valence-corrected chi connectivity index (χ2v) is 5.38. The maximum atomic E-state index is 10.3. The molecule has 0 aliphatic rings. The Hall–Kier alpha value is -1.16. The minimum absolute atomic E-state index is 0.169. The van der Waals surface area contributed by atoms with Crippen molar-refractivity contribution in [2.75, 3.05) is 0 Å². The molecule has 0 fully saturated rings. The van der Waals surface area contributed by atoms with Gasteiger partial charge in [-0.05, 0) is 0 Å². The number of nitro benzene ring substituents is 1. The molecule has 0 aromatic heterocycles. The molecule has 12 heavy (non-hydrogen) atoms. The van der Waals surface area contributed by atoms with Crippen molar-refractivity contribution >= 4 is 19.7 Å². The SMILES string of the molecule is C[Si](C)c1ccc([N+](=O)[O-])cc1. The van der Waals surface area contributed by atoms with Crippen LogP contribution >= 0.6 is 0 Å². The van der Waals surface area contributed by atoms with E-state index in [0.29, 0.717) is 0 Å². The zero-order chi connectivity index (χ0) is 9.14. The van der Waals surface area contributed by atoms with Crippen LogP contribution in [0, 0.1) is 10.1 Å². The number of non-ortho nitro benzene ring substituents is 1. The molecule has 0 saturated heterocycles. The maximum absolute atomic E-state index is 10.3. The lowest BCUT2D eigenvalue weighted by Crippen LogP contribution is -2.21. The lowest BCUT2D eigenvalue weighted by Gasteiger charge is -2.00. The number of benzene rings is 1. The zero-order valence-electron chi connectivity index (χ0n) is 7.07. The number of hydrogen-bond donors (Lipinski definition) is 0. The van der Waals surface area contributed by atoms with E-state index in [1.54, 1.807) is 12.1 Å². The van der Waals surface area contributed by atoms with Crippen molar-refractivity contribution in [3.05, 3.63) is 34.4 Å². The van der Waals surface area contributed by atoms with Crippen LogP contribution in [0.25, 0.3) is 0 Å². The molecular formula is C8H10NO2Si. The second kappa shape index (κ2) is 3.49. The molecule has 63 valence electrons. The Morgan fingerprint density at radius 1 is 1.25 bits per heavy atom. The number of hydrogen-bond acceptors (Lipinski definition) is 2. The van der Waals surface area contributed by atoms with E-state index in [9.17, 15) is 10.1 Å². The minimum Gasteiger partial charge on any atom is -0.258 e. The fraction of sp³-hybridized carbons (Fsp3) is 0.250. The van der Waals surface area contributed by atoms with E-state index < -0.39 is 8.80 Å². The highest BCUT2D eigenvalue weighted by Crippen LogP contribution is 2.07. The molecule has 1 radical (unpaired) electrons. The molecule has 1 aromatic rings. The molecule has 0 unspecified atom stereocenters. The summed E-state index contributed by atoms with van der Waals surface area (Å²) in [5.74, 6) is 0. The quantitative estimate of drug-likeness (QED) is 0.394. The van der Waals surface area contributed by atoms with Gasteiger partial charge < -0.3 is 0 Å². The summed E-state index contributed by atoms with van der Waals surface area (Å²) in [6.45, 7) is 4.32. The lowest BCUT2D eigenvalue weighted by atomic mass is 10.3. The van der Waals surface area contributed by atoms with Gasteiger partial charge in [-0.3, -0.25) is 10.1 Å². The summed E-state index contributed by atoms with van der Waals surface area (Å²) in [6, 6.07) is 6.80. The summed E-state index contributed by atoms with van der Waals surface area (Å²) >= 11 is 0. The molecule has 0 bridgehead atoms. The van der Waals surface area contributed by atoms with Gasteiger partial charge in [0.15, 0.2) is 0 Å². The third-order valence-corrected chi connectivity index (χ3v) is 3.14. The molecule has 0 spiro atoms. The molecule has 0 atom stereocenters. The number of rotatable bonds is 2. The Labute approximate surface area is 72.8 Å². The smallest absolute Gasteiger partial charge is 0.258 e.